The summed E-state index contributed by atoms with van der Waals surface area (Å²) in [5.74, 6) is 1.36. The molecule has 1 aliphatic carbocycles. The third kappa shape index (κ3) is 4.19. The lowest BCUT2D eigenvalue weighted by Gasteiger charge is -2.41. The second kappa shape index (κ2) is 9.33. The van der Waals surface area contributed by atoms with E-state index in [1.165, 1.54) is 0 Å². The molecule has 0 bridgehead atoms. The van der Waals surface area contributed by atoms with Crippen LogP contribution in [0.4, 0.5) is 17.5 Å². The Morgan fingerprint density at radius 3 is 2.51 bits per heavy atom. The largest absolute Gasteiger partial charge is 0.339 e. The van der Waals surface area contributed by atoms with Crippen LogP contribution in [-0.2, 0) is 10.3 Å². The van der Waals surface area contributed by atoms with Crippen molar-refractivity contribution in [3.63, 3.8) is 0 Å². The highest BCUT2D eigenvalue weighted by atomic mass is 16.2. The molecule has 194 valence electrons. The summed E-state index contributed by atoms with van der Waals surface area (Å²) < 4.78 is 2.06. The van der Waals surface area contributed by atoms with E-state index in [0.717, 1.165) is 80.6 Å². The monoisotopic (exact) mass is 502 g/mol. The van der Waals surface area contributed by atoms with Gasteiger partial charge in [0, 0.05) is 42.0 Å². The average molecular weight is 503 g/mol. The van der Waals surface area contributed by atoms with Crippen LogP contribution in [0.15, 0.2) is 36.5 Å². The third-order valence-corrected chi connectivity index (χ3v) is 8.25. The van der Waals surface area contributed by atoms with E-state index in [2.05, 4.69) is 44.7 Å². The van der Waals surface area contributed by atoms with Gasteiger partial charge in [-0.3, -0.25) is 25.0 Å². The quantitative estimate of drug-likeness (QED) is 0.502. The van der Waals surface area contributed by atoms with Gasteiger partial charge < -0.3 is 15.1 Å². The molecule has 0 radical (unpaired) electrons. The minimum Gasteiger partial charge on any atom is -0.339 e. The molecule has 2 aromatic heterocycles. The summed E-state index contributed by atoms with van der Waals surface area (Å²) in [4.78, 5) is 39.5. The Morgan fingerprint density at radius 1 is 1.08 bits per heavy atom. The lowest BCUT2D eigenvalue weighted by molar-refractivity contribution is -0.131. The molecular weight excluding hydrogens is 468 g/mol. The first-order chi connectivity index (χ1) is 17.9. The number of rotatable bonds is 4. The Morgan fingerprint density at radius 2 is 1.81 bits per heavy atom. The fraction of sp³-hybridized carbons (Fsp3) is 0.481. The number of nitrogens with zero attached hydrogens (tertiary/aromatic N) is 5. The lowest BCUT2D eigenvalue weighted by atomic mass is 9.80. The van der Waals surface area contributed by atoms with E-state index in [4.69, 9.17) is 4.98 Å². The highest BCUT2D eigenvalue weighted by Gasteiger charge is 2.46. The van der Waals surface area contributed by atoms with Gasteiger partial charge in [0.25, 0.3) is 11.8 Å². The minimum absolute atomic E-state index is 0.00322. The van der Waals surface area contributed by atoms with Gasteiger partial charge in [0.05, 0.1) is 0 Å². The number of fused-ring (bicyclic) bond motifs is 4. The molecule has 4 heterocycles. The number of likely N-dealkylation sites (tertiary alicyclic amines) is 1. The maximum atomic E-state index is 13.0. The standard InChI is InChI=1S/C27H34N8O2/c1-33(2)21-10-14-34(15-11-21)24(36)18-6-8-20(9-7-18)29-26-28-17-19-16-22-31-32-25(37)27(12-4-3-5-13-27)35(22)23(19)30-26/h6-9,16-17,21,31H,3-5,10-15H2,1-2H3,(H,32,37)(H,28,29,30). The van der Waals surface area contributed by atoms with Crippen molar-refractivity contribution in [1.82, 2.24) is 29.8 Å². The number of benzene rings is 1. The molecule has 3 aromatic rings. The predicted molar refractivity (Wildman–Crippen MR) is 143 cm³/mol. The molecule has 2 amide bonds. The highest BCUT2D eigenvalue weighted by Crippen LogP contribution is 2.42. The van der Waals surface area contributed by atoms with Crippen molar-refractivity contribution in [1.29, 1.82) is 0 Å². The van der Waals surface area contributed by atoms with Gasteiger partial charge >= 0.3 is 0 Å². The van der Waals surface area contributed by atoms with Crippen LogP contribution in [0.5, 0.6) is 0 Å². The third-order valence-electron chi connectivity index (χ3n) is 8.25. The number of hydrogen-bond donors (Lipinski definition) is 3. The number of amides is 2. The second-order valence-corrected chi connectivity index (χ2v) is 10.7. The summed E-state index contributed by atoms with van der Waals surface area (Å²) in [5.41, 5.74) is 7.49. The topological polar surface area (TPSA) is 107 Å². The molecule has 10 nitrogen and oxygen atoms in total. The van der Waals surface area contributed by atoms with Crippen molar-refractivity contribution in [3.05, 3.63) is 42.1 Å². The van der Waals surface area contributed by atoms with Gasteiger partial charge in [-0.15, -0.1) is 0 Å². The first-order valence-corrected chi connectivity index (χ1v) is 13.2. The van der Waals surface area contributed by atoms with Gasteiger partial charge in [0.1, 0.15) is 17.0 Å². The van der Waals surface area contributed by atoms with Gasteiger partial charge in [-0.05, 0) is 70.1 Å². The first kappa shape index (κ1) is 23.7. The molecule has 6 rings (SSSR count). The summed E-state index contributed by atoms with van der Waals surface area (Å²) >= 11 is 0. The maximum absolute atomic E-state index is 13.0. The summed E-state index contributed by atoms with van der Waals surface area (Å²) in [5, 5.41) is 4.16. The van der Waals surface area contributed by atoms with Crippen molar-refractivity contribution >= 4 is 40.3 Å². The zero-order valence-corrected chi connectivity index (χ0v) is 21.5. The van der Waals surface area contributed by atoms with Crippen LogP contribution in [0.2, 0.25) is 0 Å². The second-order valence-electron chi connectivity index (χ2n) is 10.7. The predicted octanol–water partition coefficient (Wildman–Crippen LogP) is 3.46. The fourth-order valence-corrected chi connectivity index (χ4v) is 6.09. The Balaban J connectivity index is 1.21. The Hall–Kier alpha value is -3.66. The summed E-state index contributed by atoms with van der Waals surface area (Å²) in [6.45, 7) is 1.57. The lowest BCUT2D eigenvalue weighted by Crippen LogP contribution is -2.55. The average Bonchev–Trinajstić information content (AvgIpc) is 3.30. The van der Waals surface area contributed by atoms with E-state index in [1.807, 2.05) is 35.2 Å². The fourth-order valence-electron chi connectivity index (χ4n) is 6.09. The SMILES string of the molecule is CN(C)C1CCN(C(=O)c2ccc(Nc3ncc4cc5n(c4n3)C3(CCCCC3)C(=O)NN5)cc2)CC1. The van der Waals surface area contributed by atoms with E-state index >= 15 is 0 Å². The summed E-state index contributed by atoms with van der Waals surface area (Å²) in [7, 11) is 4.20. The van der Waals surface area contributed by atoms with Crippen molar-refractivity contribution in [2.75, 3.05) is 37.9 Å². The molecule has 1 saturated carbocycles. The zero-order valence-electron chi connectivity index (χ0n) is 21.5. The number of carbonyl (C=O) groups excluding carboxylic acids is 2. The molecule has 2 aliphatic heterocycles. The van der Waals surface area contributed by atoms with Gasteiger partial charge in [-0.1, -0.05) is 19.3 Å². The molecule has 0 unspecified atom stereocenters. The van der Waals surface area contributed by atoms with Crippen molar-refractivity contribution in [3.8, 4) is 0 Å². The molecule has 1 saturated heterocycles. The van der Waals surface area contributed by atoms with Gasteiger partial charge in [-0.25, -0.2) is 4.98 Å². The van der Waals surface area contributed by atoms with Gasteiger partial charge in [0.15, 0.2) is 0 Å². The zero-order chi connectivity index (χ0) is 25.6. The van der Waals surface area contributed by atoms with Crippen LogP contribution >= 0.6 is 0 Å². The van der Waals surface area contributed by atoms with Crippen LogP contribution in [0, 0.1) is 0 Å². The van der Waals surface area contributed by atoms with E-state index in [-0.39, 0.29) is 11.8 Å². The van der Waals surface area contributed by atoms with Crippen LogP contribution in [0.1, 0.15) is 55.3 Å². The Labute approximate surface area is 216 Å². The number of carbonyl (C=O) groups is 2. The molecule has 1 spiro atoms. The molecule has 0 atom stereocenters. The Kier molecular flexibility index (Phi) is 5.98. The molecular formula is C27H34N8O2. The van der Waals surface area contributed by atoms with Crippen molar-refractivity contribution < 1.29 is 9.59 Å². The molecule has 2 fully saturated rings. The van der Waals surface area contributed by atoms with Crippen molar-refractivity contribution in [2.45, 2.75) is 56.5 Å². The number of hydrogen-bond acceptors (Lipinski definition) is 7. The van der Waals surface area contributed by atoms with E-state index in [0.29, 0.717) is 17.6 Å². The smallest absolute Gasteiger partial charge is 0.264 e. The van der Waals surface area contributed by atoms with E-state index in [1.54, 1.807) is 6.20 Å². The van der Waals surface area contributed by atoms with Gasteiger partial charge in [-0.2, -0.15) is 4.98 Å². The Bertz CT molecular complexity index is 1320. The van der Waals surface area contributed by atoms with Crippen LogP contribution in [0.3, 0.4) is 0 Å². The number of aromatic nitrogens is 3. The molecule has 1 aromatic carbocycles. The number of anilines is 3. The summed E-state index contributed by atoms with van der Waals surface area (Å²) in [6.07, 6.45) is 8.56. The van der Waals surface area contributed by atoms with E-state index in [9.17, 15) is 9.59 Å². The molecule has 37 heavy (non-hydrogen) atoms. The van der Waals surface area contributed by atoms with Gasteiger partial charge in [0.2, 0.25) is 5.95 Å². The van der Waals surface area contributed by atoms with Crippen LogP contribution in [0.25, 0.3) is 11.0 Å². The van der Waals surface area contributed by atoms with Crippen LogP contribution < -0.4 is 16.2 Å². The number of nitrogens with one attached hydrogen (secondary N) is 3. The first-order valence-electron chi connectivity index (χ1n) is 13.2. The molecule has 3 N–H and O–H groups in total. The number of piperidine rings is 1. The number of hydrazine groups is 1. The normalized spacial score (nSPS) is 19.5. The highest BCUT2D eigenvalue weighted by molar-refractivity contribution is 5.95. The summed E-state index contributed by atoms with van der Waals surface area (Å²) in [6, 6.07) is 10.0. The molecule has 3 aliphatic rings. The maximum Gasteiger partial charge on any atom is 0.264 e. The minimum atomic E-state index is -0.616. The van der Waals surface area contributed by atoms with E-state index < -0.39 is 5.54 Å². The molecule has 10 heteroatoms. The van der Waals surface area contributed by atoms with Crippen LogP contribution in [-0.4, -0.2) is 69.4 Å². The van der Waals surface area contributed by atoms with Crippen molar-refractivity contribution in [2.24, 2.45) is 0 Å².